The van der Waals surface area contributed by atoms with Crippen molar-refractivity contribution < 1.29 is 17.9 Å². The van der Waals surface area contributed by atoms with Crippen LogP contribution in [0.5, 0.6) is 0 Å². The van der Waals surface area contributed by atoms with Gasteiger partial charge in [0.2, 0.25) is 10.0 Å². The van der Waals surface area contributed by atoms with E-state index in [1.165, 1.54) is 6.07 Å². The average molecular weight is 298 g/mol. The first-order valence-electron chi connectivity index (χ1n) is 6.46. The number of hydrogen-bond donors (Lipinski definition) is 1. The van der Waals surface area contributed by atoms with Crippen molar-refractivity contribution in [3.63, 3.8) is 0 Å². The number of sulfonamides is 1. The van der Waals surface area contributed by atoms with Gasteiger partial charge in [-0.25, -0.2) is 13.6 Å². The zero-order valence-electron chi connectivity index (χ0n) is 11.3. The molecule has 1 aliphatic heterocycles. The summed E-state index contributed by atoms with van der Waals surface area (Å²) in [5.41, 5.74) is 1.04. The quantitative estimate of drug-likeness (QED) is 0.873. The summed E-state index contributed by atoms with van der Waals surface area (Å²) in [4.78, 5) is 14.0. The highest BCUT2D eigenvalue weighted by Gasteiger charge is 2.25. The van der Waals surface area contributed by atoms with Crippen LogP contribution in [0.4, 0.5) is 0 Å². The number of nitrogens with two attached hydrogens (primary N) is 1. The van der Waals surface area contributed by atoms with Crippen molar-refractivity contribution in [1.29, 1.82) is 0 Å². The molecule has 0 spiro atoms. The molecule has 2 N–H and O–H groups in total. The van der Waals surface area contributed by atoms with Crippen LogP contribution in [0.2, 0.25) is 0 Å². The lowest BCUT2D eigenvalue weighted by Gasteiger charge is -2.27. The first-order valence-corrected chi connectivity index (χ1v) is 8.01. The maximum absolute atomic E-state index is 12.5. The second-order valence-corrected chi connectivity index (χ2v) is 6.16. The molecule has 1 aromatic carbocycles. The molecule has 1 fully saturated rings. The Labute approximate surface area is 118 Å². The molecule has 0 atom stereocenters. The highest BCUT2D eigenvalue weighted by Crippen LogP contribution is 2.19. The fourth-order valence-electron chi connectivity index (χ4n) is 2.15. The molecule has 1 aromatic rings. The van der Waals surface area contributed by atoms with Crippen molar-refractivity contribution in [3.8, 4) is 0 Å². The number of hydrogen-bond acceptors (Lipinski definition) is 4. The lowest BCUT2D eigenvalue weighted by molar-refractivity contribution is 0.0300. The van der Waals surface area contributed by atoms with Crippen LogP contribution in [0.15, 0.2) is 23.1 Å². The average Bonchev–Trinajstić information content (AvgIpc) is 2.45. The van der Waals surface area contributed by atoms with Gasteiger partial charge in [0.25, 0.3) is 5.91 Å². The molecule has 0 unspecified atom stereocenters. The van der Waals surface area contributed by atoms with Crippen LogP contribution in [0.3, 0.4) is 0 Å². The van der Waals surface area contributed by atoms with Gasteiger partial charge < -0.3 is 9.64 Å². The molecule has 1 heterocycles. The third-order valence-electron chi connectivity index (χ3n) is 3.29. The Kier molecular flexibility index (Phi) is 4.42. The summed E-state index contributed by atoms with van der Waals surface area (Å²) >= 11 is 0. The maximum Gasteiger partial charge on any atom is 0.255 e. The van der Waals surface area contributed by atoms with Crippen molar-refractivity contribution in [2.45, 2.75) is 18.2 Å². The third kappa shape index (κ3) is 3.17. The van der Waals surface area contributed by atoms with Gasteiger partial charge in [0.1, 0.15) is 0 Å². The molecule has 0 saturated carbocycles. The van der Waals surface area contributed by atoms with Crippen LogP contribution in [0, 0.1) is 0 Å². The van der Waals surface area contributed by atoms with Gasteiger partial charge >= 0.3 is 0 Å². The van der Waals surface area contributed by atoms with Gasteiger partial charge in [0, 0.05) is 13.1 Å². The molecule has 1 amide bonds. The van der Waals surface area contributed by atoms with E-state index in [0.717, 1.165) is 5.56 Å². The van der Waals surface area contributed by atoms with E-state index in [0.29, 0.717) is 32.7 Å². The fourth-order valence-corrected chi connectivity index (χ4v) is 2.86. The highest BCUT2D eigenvalue weighted by atomic mass is 32.2. The number of rotatable bonds is 3. The number of nitrogens with zero attached hydrogens (tertiary/aromatic N) is 1. The summed E-state index contributed by atoms with van der Waals surface area (Å²) in [7, 11) is -3.92. The first-order chi connectivity index (χ1) is 9.43. The van der Waals surface area contributed by atoms with Crippen molar-refractivity contribution >= 4 is 15.9 Å². The Morgan fingerprint density at radius 2 is 2.00 bits per heavy atom. The third-order valence-corrected chi connectivity index (χ3v) is 4.26. The van der Waals surface area contributed by atoms with Crippen LogP contribution < -0.4 is 5.14 Å². The zero-order valence-corrected chi connectivity index (χ0v) is 12.1. The van der Waals surface area contributed by atoms with Crippen LogP contribution >= 0.6 is 0 Å². The van der Waals surface area contributed by atoms with E-state index in [1.807, 2.05) is 6.92 Å². The summed E-state index contributed by atoms with van der Waals surface area (Å²) < 4.78 is 28.4. The number of ether oxygens (including phenoxy) is 1. The predicted octanol–water partition coefficient (Wildman–Crippen LogP) is 0.369. The van der Waals surface area contributed by atoms with Crippen molar-refractivity contribution in [1.82, 2.24) is 4.90 Å². The van der Waals surface area contributed by atoms with E-state index in [1.54, 1.807) is 17.0 Å². The largest absolute Gasteiger partial charge is 0.378 e. The standard InChI is InChI=1S/C13H18N2O4S/c1-2-10-3-4-12(20(14,17)18)11(9-10)13(16)15-5-7-19-8-6-15/h3-4,9H,2,5-8H2,1H3,(H2,14,17,18). The lowest BCUT2D eigenvalue weighted by Crippen LogP contribution is -2.41. The number of morpholine rings is 1. The molecule has 20 heavy (non-hydrogen) atoms. The molecule has 2 rings (SSSR count). The minimum Gasteiger partial charge on any atom is -0.378 e. The minimum atomic E-state index is -3.92. The number of benzene rings is 1. The van der Waals surface area contributed by atoms with E-state index in [9.17, 15) is 13.2 Å². The van der Waals surface area contributed by atoms with Crippen molar-refractivity contribution in [3.05, 3.63) is 29.3 Å². The van der Waals surface area contributed by atoms with E-state index in [-0.39, 0.29) is 16.4 Å². The fraction of sp³-hybridized carbons (Fsp3) is 0.462. The van der Waals surface area contributed by atoms with Gasteiger partial charge in [-0.15, -0.1) is 0 Å². The van der Waals surface area contributed by atoms with Crippen LogP contribution in [0.25, 0.3) is 0 Å². The predicted molar refractivity (Wildman–Crippen MR) is 73.9 cm³/mol. The SMILES string of the molecule is CCc1ccc(S(N)(=O)=O)c(C(=O)N2CCOCC2)c1. The maximum atomic E-state index is 12.5. The van der Waals surface area contributed by atoms with Crippen LogP contribution in [-0.2, 0) is 21.2 Å². The van der Waals surface area contributed by atoms with Gasteiger partial charge in [-0.3, -0.25) is 4.79 Å². The second kappa shape index (κ2) is 5.90. The molecular weight excluding hydrogens is 280 g/mol. The molecule has 7 heteroatoms. The Hall–Kier alpha value is -1.44. The molecular formula is C13H18N2O4S. The topological polar surface area (TPSA) is 89.7 Å². The molecule has 0 radical (unpaired) electrons. The molecule has 0 bridgehead atoms. The summed E-state index contributed by atoms with van der Waals surface area (Å²) in [5, 5.41) is 5.19. The van der Waals surface area contributed by atoms with Crippen LogP contribution in [0.1, 0.15) is 22.8 Å². The Balaban J connectivity index is 2.44. The zero-order chi connectivity index (χ0) is 14.8. The summed E-state index contributed by atoms with van der Waals surface area (Å²) in [6, 6.07) is 4.69. The number of aryl methyl sites for hydroxylation is 1. The lowest BCUT2D eigenvalue weighted by atomic mass is 10.1. The van der Waals surface area contributed by atoms with E-state index >= 15 is 0 Å². The summed E-state index contributed by atoms with van der Waals surface area (Å²) in [6.45, 7) is 3.78. The van der Waals surface area contributed by atoms with Gasteiger partial charge in [-0.05, 0) is 24.1 Å². The van der Waals surface area contributed by atoms with Gasteiger partial charge in [0.15, 0.2) is 0 Å². The van der Waals surface area contributed by atoms with Gasteiger partial charge in [-0.2, -0.15) is 0 Å². The molecule has 0 aliphatic carbocycles. The van der Waals surface area contributed by atoms with E-state index in [2.05, 4.69) is 0 Å². The number of carbonyl (C=O) groups is 1. The van der Waals surface area contributed by atoms with Gasteiger partial charge in [0.05, 0.1) is 23.7 Å². The van der Waals surface area contributed by atoms with E-state index in [4.69, 9.17) is 9.88 Å². The molecule has 1 aliphatic rings. The summed E-state index contributed by atoms with van der Waals surface area (Å²) in [5.74, 6) is -0.312. The molecule has 0 aromatic heterocycles. The second-order valence-electron chi connectivity index (χ2n) is 4.63. The Bertz CT molecular complexity index is 607. The monoisotopic (exact) mass is 298 g/mol. The first kappa shape index (κ1) is 15.0. The van der Waals surface area contributed by atoms with Crippen molar-refractivity contribution in [2.24, 2.45) is 5.14 Å². The summed E-state index contributed by atoms with van der Waals surface area (Å²) in [6.07, 6.45) is 0.717. The molecule has 110 valence electrons. The van der Waals surface area contributed by atoms with E-state index < -0.39 is 10.0 Å². The number of carbonyl (C=O) groups excluding carboxylic acids is 1. The minimum absolute atomic E-state index is 0.119. The van der Waals surface area contributed by atoms with Gasteiger partial charge in [-0.1, -0.05) is 13.0 Å². The number of amides is 1. The Morgan fingerprint density at radius 3 is 2.55 bits per heavy atom. The van der Waals surface area contributed by atoms with Crippen molar-refractivity contribution in [2.75, 3.05) is 26.3 Å². The molecule has 1 saturated heterocycles. The number of primary sulfonamides is 1. The Morgan fingerprint density at radius 1 is 1.35 bits per heavy atom. The van der Waals surface area contributed by atoms with Crippen LogP contribution in [-0.4, -0.2) is 45.5 Å². The molecule has 6 nitrogen and oxygen atoms in total. The highest BCUT2D eigenvalue weighted by molar-refractivity contribution is 7.89. The normalized spacial score (nSPS) is 16.2. The smallest absolute Gasteiger partial charge is 0.255 e.